The van der Waals surface area contributed by atoms with Gasteiger partial charge in [-0.25, -0.2) is 4.39 Å². The zero-order valence-electron chi connectivity index (χ0n) is 14.1. The van der Waals surface area contributed by atoms with Crippen LogP contribution in [0.2, 0.25) is 0 Å². The van der Waals surface area contributed by atoms with E-state index in [4.69, 9.17) is 10.5 Å². The van der Waals surface area contributed by atoms with Crippen LogP contribution in [0.25, 0.3) is 0 Å². The lowest BCUT2D eigenvalue weighted by molar-refractivity contribution is 0.0245. The molecule has 3 nitrogen and oxygen atoms in total. The van der Waals surface area contributed by atoms with Crippen LogP contribution in [0.1, 0.15) is 49.8 Å². The fourth-order valence-electron chi connectivity index (χ4n) is 4.41. The van der Waals surface area contributed by atoms with Gasteiger partial charge in [0.15, 0.2) is 0 Å². The van der Waals surface area contributed by atoms with Crippen molar-refractivity contribution in [3.8, 4) is 0 Å². The molecule has 3 aromatic rings. The molecule has 0 fully saturated rings. The quantitative estimate of drug-likeness (QED) is 0.764. The van der Waals surface area contributed by atoms with Crippen LogP contribution in [-0.2, 0) is 10.3 Å². The Morgan fingerprint density at radius 2 is 1.85 bits per heavy atom. The number of primary amides is 1. The van der Waals surface area contributed by atoms with E-state index in [0.717, 1.165) is 33.4 Å². The van der Waals surface area contributed by atoms with Crippen LogP contribution in [0, 0.1) is 12.7 Å². The fraction of sp³-hybridized carbons (Fsp3) is 0.136. The van der Waals surface area contributed by atoms with Crippen LogP contribution in [0.15, 0.2) is 60.7 Å². The van der Waals surface area contributed by atoms with E-state index < -0.39 is 11.5 Å². The van der Waals surface area contributed by atoms with Crippen molar-refractivity contribution in [3.05, 3.63) is 105 Å². The first kappa shape index (κ1) is 15.3. The van der Waals surface area contributed by atoms with Gasteiger partial charge in [-0.05, 0) is 59.0 Å². The minimum absolute atomic E-state index is 0.202. The molecule has 2 aliphatic rings. The number of carbonyl (C=O) groups excluding carboxylic acids is 1. The molecule has 0 aliphatic carbocycles. The van der Waals surface area contributed by atoms with E-state index in [1.807, 2.05) is 31.2 Å². The Labute approximate surface area is 150 Å². The number of rotatable bonds is 2. The number of benzene rings is 3. The summed E-state index contributed by atoms with van der Waals surface area (Å²) in [5, 5.41) is 0. The van der Waals surface area contributed by atoms with Gasteiger partial charge in [-0.2, -0.15) is 0 Å². The van der Waals surface area contributed by atoms with E-state index in [0.29, 0.717) is 5.56 Å². The first-order valence-electron chi connectivity index (χ1n) is 8.50. The van der Waals surface area contributed by atoms with Gasteiger partial charge in [-0.15, -0.1) is 0 Å². The summed E-state index contributed by atoms with van der Waals surface area (Å²) in [6.45, 7) is 2.05. The molecule has 2 heterocycles. The van der Waals surface area contributed by atoms with E-state index in [9.17, 15) is 9.18 Å². The third kappa shape index (κ3) is 1.77. The van der Waals surface area contributed by atoms with E-state index in [2.05, 4.69) is 6.07 Å². The van der Waals surface area contributed by atoms with Crippen molar-refractivity contribution in [2.24, 2.45) is 5.73 Å². The predicted molar refractivity (Wildman–Crippen MR) is 95.3 cm³/mol. The molecule has 26 heavy (non-hydrogen) atoms. The monoisotopic (exact) mass is 345 g/mol. The average molecular weight is 345 g/mol. The summed E-state index contributed by atoms with van der Waals surface area (Å²) in [5.41, 5.74) is 11.2. The lowest BCUT2D eigenvalue weighted by Crippen LogP contribution is -2.28. The molecule has 3 aromatic carbocycles. The summed E-state index contributed by atoms with van der Waals surface area (Å²) in [6.07, 6.45) is -0.202. The normalized spacial score (nSPS) is 22.2. The summed E-state index contributed by atoms with van der Waals surface area (Å²) in [7, 11) is 0. The lowest BCUT2D eigenvalue weighted by Gasteiger charge is -2.31. The summed E-state index contributed by atoms with van der Waals surface area (Å²) < 4.78 is 20.1. The number of amides is 1. The van der Waals surface area contributed by atoms with Gasteiger partial charge < -0.3 is 10.5 Å². The van der Waals surface area contributed by atoms with Gasteiger partial charge in [0.25, 0.3) is 0 Å². The third-order valence-corrected chi connectivity index (χ3v) is 5.48. The van der Waals surface area contributed by atoms with E-state index >= 15 is 0 Å². The second-order valence-corrected chi connectivity index (χ2v) is 6.89. The molecule has 0 saturated heterocycles. The van der Waals surface area contributed by atoms with E-state index in [1.165, 1.54) is 12.1 Å². The van der Waals surface area contributed by atoms with Crippen molar-refractivity contribution in [2.45, 2.75) is 18.6 Å². The smallest absolute Gasteiger partial charge is 0.248 e. The van der Waals surface area contributed by atoms with Gasteiger partial charge in [0.1, 0.15) is 17.5 Å². The molecule has 2 N–H and O–H groups in total. The number of hydrogen-bond donors (Lipinski definition) is 1. The van der Waals surface area contributed by atoms with Crippen LogP contribution in [0.3, 0.4) is 0 Å². The summed E-state index contributed by atoms with van der Waals surface area (Å²) in [6, 6.07) is 18.0. The molecule has 0 saturated carbocycles. The Morgan fingerprint density at radius 3 is 2.58 bits per heavy atom. The lowest BCUT2D eigenvalue weighted by atomic mass is 9.72. The van der Waals surface area contributed by atoms with Gasteiger partial charge in [0, 0.05) is 11.1 Å². The number of halogens is 1. The topological polar surface area (TPSA) is 52.3 Å². The van der Waals surface area contributed by atoms with Gasteiger partial charge in [0.2, 0.25) is 5.91 Å². The maximum atomic E-state index is 13.6. The Morgan fingerprint density at radius 1 is 1.08 bits per heavy atom. The first-order chi connectivity index (χ1) is 12.5. The van der Waals surface area contributed by atoms with Crippen molar-refractivity contribution < 1.29 is 13.9 Å². The molecule has 2 unspecified atom stereocenters. The highest BCUT2D eigenvalue weighted by atomic mass is 19.1. The number of carbonyl (C=O) groups is 1. The van der Waals surface area contributed by atoms with Crippen molar-refractivity contribution in [1.82, 2.24) is 0 Å². The molecule has 2 atom stereocenters. The third-order valence-electron chi connectivity index (χ3n) is 5.48. The molecular weight excluding hydrogens is 329 g/mol. The van der Waals surface area contributed by atoms with Crippen molar-refractivity contribution >= 4 is 5.91 Å². The highest BCUT2D eigenvalue weighted by molar-refractivity contribution is 5.93. The Hall–Kier alpha value is -2.98. The zero-order chi connectivity index (χ0) is 18.1. The minimum atomic E-state index is -0.847. The van der Waals surface area contributed by atoms with Crippen LogP contribution in [0.4, 0.5) is 4.39 Å². The van der Waals surface area contributed by atoms with Crippen LogP contribution in [0.5, 0.6) is 0 Å². The summed E-state index contributed by atoms with van der Waals surface area (Å²) in [5.74, 6) is -0.774. The van der Waals surface area contributed by atoms with E-state index in [1.54, 1.807) is 18.2 Å². The summed E-state index contributed by atoms with van der Waals surface area (Å²) >= 11 is 0. The largest absolute Gasteiger partial charge is 0.366 e. The molecule has 5 rings (SSSR count). The van der Waals surface area contributed by atoms with Crippen LogP contribution >= 0.6 is 0 Å². The second kappa shape index (κ2) is 5.02. The number of nitrogens with two attached hydrogens (primary N) is 1. The zero-order valence-corrected chi connectivity index (χ0v) is 14.1. The average Bonchev–Trinajstić information content (AvgIpc) is 3.16. The summed E-state index contributed by atoms with van der Waals surface area (Å²) in [4.78, 5) is 11.7. The molecule has 0 spiro atoms. The number of ether oxygens (including phenoxy) is 1. The van der Waals surface area contributed by atoms with Gasteiger partial charge in [-0.1, -0.05) is 36.4 Å². The van der Waals surface area contributed by atoms with Crippen molar-refractivity contribution in [1.29, 1.82) is 0 Å². The Kier molecular flexibility index (Phi) is 2.95. The second-order valence-electron chi connectivity index (χ2n) is 6.89. The number of fused-ring (bicyclic) bond motifs is 8. The van der Waals surface area contributed by atoms with Gasteiger partial charge >= 0.3 is 0 Å². The molecule has 1 amide bonds. The molecule has 0 aromatic heterocycles. The number of hydrogen-bond acceptors (Lipinski definition) is 2. The van der Waals surface area contributed by atoms with Crippen molar-refractivity contribution in [3.63, 3.8) is 0 Å². The Bertz CT molecular complexity index is 1070. The van der Waals surface area contributed by atoms with Crippen molar-refractivity contribution in [2.75, 3.05) is 0 Å². The van der Waals surface area contributed by atoms with Crippen LogP contribution in [-0.4, -0.2) is 5.91 Å². The molecule has 4 heteroatoms. The van der Waals surface area contributed by atoms with Gasteiger partial charge in [-0.3, -0.25) is 4.79 Å². The Balaban J connectivity index is 1.87. The van der Waals surface area contributed by atoms with Gasteiger partial charge in [0.05, 0.1) is 0 Å². The maximum absolute atomic E-state index is 13.6. The first-order valence-corrected chi connectivity index (χ1v) is 8.50. The molecule has 2 bridgehead atoms. The highest BCUT2D eigenvalue weighted by Crippen LogP contribution is 2.61. The molecule has 128 valence electrons. The minimum Gasteiger partial charge on any atom is -0.366 e. The highest BCUT2D eigenvalue weighted by Gasteiger charge is 2.56. The predicted octanol–water partition coefficient (Wildman–Crippen LogP) is 3.96. The standard InChI is InChI=1S/C22H16FNO2/c1-12-3-2-4-17-19(12)22(14-6-8-15(23)9-7-14)18-11-13(21(24)25)5-10-16(18)20(17)26-22/h2-11,20H,1H3,(H2,24,25). The molecular formula is C22H16FNO2. The number of aryl methyl sites for hydroxylation is 1. The SMILES string of the molecule is Cc1cccc2c1C1(c3ccc(F)cc3)OC2c2ccc(C(N)=O)cc21. The van der Waals surface area contributed by atoms with E-state index in [-0.39, 0.29) is 11.9 Å². The molecule has 0 radical (unpaired) electrons. The molecule has 2 aliphatic heterocycles. The van der Waals surface area contributed by atoms with Crippen LogP contribution < -0.4 is 5.73 Å². The fourth-order valence-corrected chi connectivity index (χ4v) is 4.41. The maximum Gasteiger partial charge on any atom is 0.248 e.